The van der Waals surface area contributed by atoms with E-state index in [4.69, 9.17) is 21.1 Å². The van der Waals surface area contributed by atoms with Gasteiger partial charge in [0.1, 0.15) is 18.1 Å². The number of hydrazone groups is 1. The number of nitrogens with one attached hydrogen (secondary N) is 1. The van der Waals surface area contributed by atoms with Crippen molar-refractivity contribution in [3.05, 3.63) is 58.7 Å². The van der Waals surface area contributed by atoms with E-state index in [2.05, 4.69) is 10.1 Å². The molecule has 2 aromatic carbocycles. The van der Waals surface area contributed by atoms with Crippen molar-refractivity contribution in [2.24, 2.45) is 5.10 Å². The Kier molecular flexibility index (Phi) is 6.25. The quantitative estimate of drug-likeness (QED) is 0.448. The lowest BCUT2D eigenvalue weighted by Crippen LogP contribution is -2.33. The Hall–Kier alpha value is -3.20. The first-order valence-electron chi connectivity index (χ1n) is 10.3. The number of benzene rings is 2. The number of rotatable bonds is 6. The molecule has 1 aromatic heterocycles. The van der Waals surface area contributed by atoms with Crippen molar-refractivity contribution >= 4 is 39.9 Å². The molecule has 6 nitrogen and oxygen atoms in total. The number of aromatic amines is 1. The number of hydrogen-bond donors (Lipinski definition) is 1. The van der Waals surface area contributed by atoms with E-state index in [1.807, 2.05) is 0 Å². The first-order valence-corrected chi connectivity index (χ1v) is 10.7. The third-order valence-corrected chi connectivity index (χ3v) is 5.63. The minimum Gasteiger partial charge on any atom is -0.491 e. The predicted octanol–water partition coefficient (Wildman–Crippen LogP) is 5.88. The van der Waals surface area contributed by atoms with Crippen LogP contribution in [0.2, 0.25) is 5.02 Å². The Balaban J connectivity index is 1.59. The number of aromatic nitrogens is 1. The van der Waals surface area contributed by atoms with Crippen LogP contribution in [0.3, 0.4) is 0 Å². The highest BCUT2D eigenvalue weighted by molar-refractivity contribution is 6.33. The van der Waals surface area contributed by atoms with Crippen LogP contribution in [0.4, 0.5) is 18.9 Å². The summed E-state index contributed by atoms with van der Waals surface area (Å²) in [5.74, 6) is -0.0473. The van der Waals surface area contributed by atoms with Gasteiger partial charge < -0.3 is 14.5 Å². The number of para-hydroxylation sites is 1. The van der Waals surface area contributed by atoms with Gasteiger partial charge in [0.15, 0.2) is 0 Å². The molecule has 10 heteroatoms. The summed E-state index contributed by atoms with van der Waals surface area (Å²) in [6, 6.07) is 11.0. The van der Waals surface area contributed by atoms with Crippen molar-refractivity contribution in [3.63, 3.8) is 0 Å². The third-order valence-electron chi connectivity index (χ3n) is 5.31. The highest BCUT2D eigenvalue weighted by Crippen LogP contribution is 2.35. The zero-order chi connectivity index (χ0) is 23.8. The summed E-state index contributed by atoms with van der Waals surface area (Å²) in [5.41, 5.74) is 1.26. The summed E-state index contributed by atoms with van der Waals surface area (Å²) in [6.45, 7) is 3.66. The average Bonchev–Trinajstić information content (AvgIpc) is 3.33. The largest absolute Gasteiger partial charge is 0.491 e. The van der Waals surface area contributed by atoms with Gasteiger partial charge in [-0.1, -0.05) is 23.7 Å². The second-order valence-electron chi connectivity index (χ2n) is 7.56. The molecular weight excluding hydrogens is 459 g/mol. The lowest BCUT2D eigenvalue weighted by Gasteiger charge is -2.24. The first-order chi connectivity index (χ1) is 15.7. The predicted molar refractivity (Wildman–Crippen MR) is 120 cm³/mol. The number of alkyl halides is 3. The first kappa shape index (κ1) is 23.0. The number of carbonyl (C=O) groups is 1. The number of esters is 1. The molecule has 0 saturated heterocycles. The van der Waals surface area contributed by atoms with E-state index in [0.717, 1.165) is 5.52 Å². The third kappa shape index (κ3) is 4.64. The van der Waals surface area contributed by atoms with Crippen molar-refractivity contribution in [1.82, 2.24) is 4.98 Å². The van der Waals surface area contributed by atoms with Gasteiger partial charge in [-0.05, 0) is 44.2 Å². The number of aryl methyl sites for hydroxylation is 1. The minimum absolute atomic E-state index is 0.0715. The summed E-state index contributed by atoms with van der Waals surface area (Å²) < 4.78 is 51.1. The molecule has 0 bridgehead atoms. The SMILES string of the molecule is CCOC(=O)c1c(C)[nH]c2ccc(OCC3CC(C(F)(F)F)=NN3c3ccccc3Cl)cc12. The maximum atomic E-state index is 13.4. The Morgan fingerprint density at radius 2 is 2.03 bits per heavy atom. The Morgan fingerprint density at radius 3 is 2.73 bits per heavy atom. The number of halogens is 4. The van der Waals surface area contributed by atoms with Gasteiger partial charge >= 0.3 is 12.1 Å². The van der Waals surface area contributed by atoms with E-state index < -0.39 is 23.9 Å². The van der Waals surface area contributed by atoms with Gasteiger partial charge in [0.05, 0.1) is 28.9 Å². The second-order valence-corrected chi connectivity index (χ2v) is 7.97. The fourth-order valence-corrected chi connectivity index (χ4v) is 4.03. The highest BCUT2D eigenvalue weighted by Gasteiger charge is 2.43. The van der Waals surface area contributed by atoms with Crippen LogP contribution in [-0.2, 0) is 4.74 Å². The number of H-pyrrole nitrogens is 1. The van der Waals surface area contributed by atoms with Gasteiger partial charge in [-0.25, -0.2) is 4.79 Å². The smallest absolute Gasteiger partial charge is 0.431 e. The zero-order valence-electron chi connectivity index (χ0n) is 17.9. The van der Waals surface area contributed by atoms with Gasteiger partial charge in [-0.15, -0.1) is 0 Å². The number of fused-ring (bicyclic) bond motifs is 1. The molecule has 1 N–H and O–H groups in total. The van der Waals surface area contributed by atoms with E-state index in [0.29, 0.717) is 28.1 Å². The molecule has 1 aliphatic heterocycles. The van der Waals surface area contributed by atoms with Gasteiger partial charge in [-0.2, -0.15) is 18.3 Å². The molecule has 3 aromatic rings. The van der Waals surface area contributed by atoms with Crippen molar-refractivity contribution in [2.45, 2.75) is 32.5 Å². The number of carbonyl (C=O) groups excluding carboxylic acids is 1. The standard InChI is InChI=1S/C23H21ClF3N3O3/c1-3-32-22(31)21-13(2)28-18-9-8-15(11-16(18)21)33-12-14-10-20(23(25,26)27)29-30(14)19-7-5-4-6-17(19)24/h4-9,11,14,28H,3,10,12H2,1-2H3. The summed E-state index contributed by atoms with van der Waals surface area (Å²) in [5, 5.41) is 5.95. The molecule has 0 spiro atoms. The highest BCUT2D eigenvalue weighted by atomic mass is 35.5. The van der Waals surface area contributed by atoms with Crippen LogP contribution in [0.25, 0.3) is 10.9 Å². The van der Waals surface area contributed by atoms with E-state index in [1.165, 1.54) is 5.01 Å². The van der Waals surface area contributed by atoms with Crippen LogP contribution in [0.5, 0.6) is 5.75 Å². The molecule has 0 fully saturated rings. The van der Waals surface area contributed by atoms with Gasteiger partial charge in [-0.3, -0.25) is 5.01 Å². The van der Waals surface area contributed by atoms with E-state index in [-0.39, 0.29) is 24.7 Å². The normalized spacial score (nSPS) is 16.2. The molecule has 0 amide bonds. The van der Waals surface area contributed by atoms with Crippen LogP contribution in [0.1, 0.15) is 29.4 Å². The van der Waals surface area contributed by atoms with E-state index in [1.54, 1.807) is 56.3 Å². The number of anilines is 1. The topological polar surface area (TPSA) is 66.9 Å². The second kappa shape index (κ2) is 8.97. The summed E-state index contributed by atoms with van der Waals surface area (Å²) in [7, 11) is 0. The molecular formula is C23H21ClF3N3O3. The van der Waals surface area contributed by atoms with E-state index in [9.17, 15) is 18.0 Å². The number of hydrogen-bond acceptors (Lipinski definition) is 5. The molecule has 33 heavy (non-hydrogen) atoms. The maximum absolute atomic E-state index is 13.4. The lowest BCUT2D eigenvalue weighted by molar-refractivity contribution is -0.0600. The zero-order valence-corrected chi connectivity index (χ0v) is 18.6. The van der Waals surface area contributed by atoms with Crippen LogP contribution in [0.15, 0.2) is 47.6 Å². The van der Waals surface area contributed by atoms with Crippen LogP contribution in [-0.4, -0.2) is 42.1 Å². The van der Waals surface area contributed by atoms with Gasteiger partial charge in [0.2, 0.25) is 0 Å². The minimum atomic E-state index is -4.55. The Morgan fingerprint density at radius 1 is 1.27 bits per heavy atom. The van der Waals surface area contributed by atoms with Gasteiger partial charge in [0, 0.05) is 23.0 Å². The molecule has 174 valence electrons. The van der Waals surface area contributed by atoms with E-state index >= 15 is 0 Å². The van der Waals surface area contributed by atoms with Crippen LogP contribution < -0.4 is 9.75 Å². The molecule has 1 atom stereocenters. The Bertz CT molecular complexity index is 1220. The van der Waals surface area contributed by atoms with Crippen LogP contribution in [0, 0.1) is 6.92 Å². The lowest BCUT2D eigenvalue weighted by atomic mass is 10.1. The molecule has 2 heterocycles. The van der Waals surface area contributed by atoms with Crippen molar-refractivity contribution in [3.8, 4) is 5.75 Å². The molecule has 1 unspecified atom stereocenters. The number of ether oxygens (including phenoxy) is 2. The summed E-state index contributed by atoms with van der Waals surface area (Å²) in [4.78, 5) is 15.5. The summed E-state index contributed by atoms with van der Waals surface area (Å²) >= 11 is 6.21. The fourth-order valence-electron chi connectivity index (χ4n) is 3.81. The van der Waals surface area contributed by atoms with Crippen molar-refractivity contribution in [1.29, 1.82) is 0 Å². The molecule has 1 aliphatic rings. The van der Waals surface area contributed by atoms with Crippen molar-refractivity contribution in [2.75, 3.05) is 18.2 Å². The molecule has 0 saturated carbocycles. The summed E-state index contributed by atoms with van der Waals surface area (Å²) in [6.07, 6.45) is -4.89. The average molecular weight is 480 g/mol. The fraction of sp³-hybridized carbons (Fsp3) is 0.304. The van der Waals surface area contributed by atoms with Crippen LogP contribution >= 0.6 is 11.6 Å². The molecule has 0 aliphatic carbocycles. The molecule has 4 rings (SSSR count). The van der Waals surface area contributed by atoms with Gasteiger partial charge in [0.25, 0.3) is 0 Å². The Labute approximate surface area is 192 Å². The molecule has 0 radical (unpaired) electrons. The number of nitrogens with zero attached hydrogens (tertiary/aromatic N) is 2. The monoisotopic (exact) mass is 479 g/mol. The maximum Gasteiger partial charge on any atom is 0.431 e. The van der Waals surface area contributed by atoms with Crippen molar-refractivity contribution < 1.29 is 27.4 Å².